The fourth-order valence-corrected chi connectivity index (χ4v) is 1.55. The van der Waals surface area contributed by atoms with E-state index in [1.165, 1.54) is 0 Å². The van der Waals surface area contributed by atoms with Gasteiger partial charge in [0.2, 0.25) is 0 Å². The van der Waals surface area contributed by atoms with E-state index in [1.807, 2.05) is 0 Å². The largest absolute Gasteiger partial charge is 0.380 e. The number of likely N-dealkylation sites (N-methyl/N-ethyl adjacent to an activating group) is 1. The molecule has 3 atom stereocenters. The van der Waals surface area contributed by atoms with Gasteiger partial charge >= 0.3 is 0 Å². The minimum atomic E-state index is 0.232. The van der Waals surface area contributed by atoms with E-state index < -0.39 is 0 Å². The van der Waals surface area contributed by atoms with Gasteiger partial charge < -0.3 is 10.5 Å². The lowest BCUT2D eigenvalue weighted by atomic mass is 10.1. The fraction of sp³-hybridized carbons (Fsp3) is 1.00. The zero-order valence-electron chi connectivity index (χ0n) is 8.29. The summed E-state index contributed by atoms with van der Waals surface area (Å²) in [6.45, 7) is 5.99. The molecule has 1 saturated heterocycles. The van der Waals surface area contributed by atoms with Gasteiger partial charge in [-0.3, -0.25) is 4.90 Å². The topological polar surface area (TPSA) is 38.5 Å². The second-order valence-electron chi connectivity index (χ2n) is 3.78. The average Bonchev–Trinajstić information content (AvgIpc) is 2.53. The maximum atomic E-state index is 5.82. The van der Waals surface area contributed by atoms with Gasteiger partial charge in [-0.1, -0.05) is 0 Å². The summed E-state index contributed by atoms with van der Waals surface area (Å²) in [5, 5.41) is 0. The van der Waals surface area contributed by atoms with Gasteiger partial charge in [0.25, 0.3) is 0 Å². The Balaban J connectivity index is 2.39. The Labute approximate surface area is 74.9 Å². The molecular weight excluding hydrogens is 152 g/mol. The van der Waals surface area contributed by atoms with Crippen molar-refractivity contribution in [1.29, 1.82) is 0 Å². The molecule has 3 unspecified atom stereocenters. The van der Waals surface area contributed by atoms with Crippen molar-refractivity contribution in [2.45, 2.75) is 38.4 Å². The van der Waals surface area contributed by atoms with Crippen LogP contribution in [0.15, 0.2) is 0 Å². The number of hydrogen-bond acceptors (Lipinski definition) is 3. The molecule has 72 valence electrons. The molecular formula is C9H20N2O. The van der Waals surface area contributed by atoms with Crippen molar-refractivity contribution in [2.24, 2.45) is 5.73 Å². The van der Waals surface area contributed by atoms with Crippen LogP contribution in [-0.4, -0.2) is 43.3 Å². The molecule has 1 aliphatic heterocycles. The van der Waals surface area contributed by atoms with Gasteiger partial charge in [0.05, 0.1) is 6.61 Å². The number of nitrogens with zero attached hydrogens (tertiary/aromatic N) is 1. The van der Waals surface area contributed by atoms with Crippen molar-refractivity contribution in [3.8, 4) is 0 Å². The maximum absolute atomic E-state index is 5.82. The fourth-order valence-electron chi connectivity index (χ4n) is 1.55. The quantitative estimate of drug-likeness (QED) is 0.671. The zero-order valence-corrected chi connectivity index (χ0v) is 8.29. The van der Waals surface area contributed by atoms with Crippen molar-refractivity contribution >= 4 is 0 Å². The molecule has 0 radical (unpaired) electrons. The smallest absolute Gasteiger partial charge is 0.0622 e. The standard InChI is InChI=1S/C9H20N2O/c1-7(10)8(2)11(3)9-4-5-12-6-9/h7-9H,4-6,10H2,1-3H3. The molecule has 2 N–H and O–H groups in total. The number of rotatable bonds is 3. The molecule has 1 rings (SSSR count). The minimum absolute atomic E-state index is 0.232. The van der Waals surface area contributed by atoms with Gasteiger partial charge in [-0.25, -0.2) is 0 Å². The molecule has 12 heavy (non-hydrogen) atoms. The molecule has 0 bridgehead atoms. The first-order chi connectivity index (χ1) is 5.63. The molecule has 0 amide bonds. The Morgan fingerprint density at radius 1 is 1.50 bits per heavy atom. The van der Waals surface area contributed by atoms with Gasteiger partial charge in [0.15, 0.2) is 0 Å². The van der Waals surface area contributed by atoms with Gasteiger partial charge in [-0.15, -0.1) is 0 Å². The van der Waals surface area contributed by atoms with Crippen molar-refractivity contribution in [3.63, 3.8) is 0 Å². The number of hydrogen-bond donors (Lipinski definition) is 1. The molecule has 0 saturated carbocycles. The summed E-state index contributed by atoms with van der Waals surface area (Å²) in [6, 6.07) is 1.25. The third-order valence-electron chi connectivity index (χ3n) is 2.88. The van der Waals surface area contributed by atoms with Crippen LogP contribution in [0.4, 0.5) is 0 Å². The van der Waals surface area contributed by atoms with E-state index in [2.05, 4.69) is 25.8 Å². The summed E-state index contributed by atoms with van der Waals surface area (Å²) >= 11 is 0. The molecule has 3 heteroatoms. The van der Waals surface area contributed by atoms with Gasteiger partial charge in [0, 0.05) is 24.7 Å². The molecule has 1 fully saturated rings. The van der Waals surface area contributed by atoms with E-state index in [9.17, 15) is 0 Å². The van der Waals surface area contributed by atoms with Gasteiger partial charge in [0.1, 0.15) is 0 Å². The molecule has 1 aliphatic rings. The summed E-state index contributed by atoms with van der Waals surface area (Å²) < 4.78 is 5.33. The third-order valence-corrected chi connectivity index (χ3v) is 2.88. The lowest BCUT2D eigenvalue weighted by Crippen LogP contribution is -2.47. The monoisotopic (exact) mass is 172 g/mol. The molecule has 0 spiro atoms. The second-order valence-corrected chi connectivity index (χ2v) is 3.78. The van der Waals surface area contributed by atoms with E-state index in [0.29, 0.717) is 12.1 Å². The highest BCUT2D eigenvalue weighted by atomic mass is 16.5. The SMILES string of the molecule is CC(N)C(C)N(C)C1CCOC1. The first-order valence-electron chi connectivity index (χ1n) is 4.68. The Morgan fingerprint density at radius 3 is 2.58 bits per heavy atom. The van der Waals surface area contributed by atoms with E-state index in [4.69, 9.17) is 10.5 Å². The predicted octanol–water partition coefficient (Wildman–Crippen LogP) is 0.443. The number of ether oxygens (including phenoxy) is 1. The molecule has 1 heterocycles. The van der Waals surface area contributed by atoms with Crippen molar-refractivity contribution < 1.29 is 4.74 Å². The van der Waals surface area contributed by atoms with Crippen LogP contribution < -0.4 is 5.73 Å². The van der Waals surface area contributed by atoms with Crippen LogP contribution in [0.2, 0.25) is 0 Å². The highest BCUT2D eigenvalue weighted by Crippen LogP contribution is 2.14. The van der Waals surface area contributed by atoms with Crippen molar-refractivity contribution in [1.82, 2.24) is 4.90 Å². The summed E-state index contributed by atoms with van der Waals surface area (Å²) in [7, 11) is 2.13. The normalized spacial score (nSPS) is 29.2. The molecule has 0 aromatic rings. The van der Waals surface area contributed by atoms with Crippen LogP contribution in [-0.2, 0) is 4.74 Å². The molecule has 0 aliphatic carbocycles. The Hall–Kier alpha value is -0.120. The van der Waals surface area contributed by atoms with E-state index >= 15 is 0 Å². The second kappa shape index (κ2) is 4.21. The van der Waals surface area contributed by atoms with E-state index in [1.54, 1.807) is 0 Å². The van der Waals surface area contributed by atoms with Crippen LogP contribution in [0.25, 0.3) is 0 Å². The Morgan fingerprint density at radius 2 is 2.17 bits per heavy atom. The molecule has 3 nitrogen and oxygen atoms in total. The highest BCUT2D eigenvalue weighted by Gasteiger charge is 2.25. The first-order valence-corrected chi connectivity index (χ1v) is 4.68. The minimum Gasteiger partial charge on any atom is -0.380 e. The number of nitrogens with two attached hydrogens (primary N) is 1. The lowest BCUT2D eigenvalue weighted by Gasteiger charge is -2.31. The Kier molecular flexibility index (Phi) is 3.50. The van der Waals surface area contributed by atoms with E-state index in [0.717, 1.165) is 19.6 Å². The zero-order chi connectivity index (χ0) is 9.14. The van der Waals surface area contributed by atoms with Crippen LogP contribution in [0.3, 0.4) is 0 Å². The average molecular weight is 172 g/mol. The highest BCUT2D eigenvalue weighted by molar-refractivity contribution is 4.80. The predicted molar refractivity (Wildman–Crippen MR) is 50.1 cm³/mol. The summed E-state index contributed by atoms with van der Waals surface area (Å²) in [5.41, 5.74) is 5.82. The van der Waals surface area contributed by atoms with Crippen molar-refractivity contribution in [3.05, 3.63) is 0 Å². The van der Waals surface area contributed by atoms with Crippen molar-refractivity contribution in [2.75, 3.05) is 20.3 Å². The first kappa shape index (κ1) is 9.96. The van der Waals surface area contributed by atoms with Gasteiger partial charge in [-0.05, 0) is 27.3 Å². The van der Waals surface area contributed by atoms with Crippen LogP contribution >= 0.6 is 0 Å². The summed E-state index contributed by atoms with van der Waals surface area (Å²) in [5.74, 6) is 0. The molecule has 0 aromatic heterocycles. The summed E-state index contributed by atoms with van der Waals surface area (Å²) in [4.78, 5) is 2.33. The Bertz CT molecular complexity index is 130. The van der Waals surface area contributed by atoms with E-state index in [-0.39, 0.29) is 6.04 Å². The maximum Gasteiger partial charge on any atom is 0.0622 e. The summed E-state index contributed by atoms with van der Waals surface area (Å²) in [6.07, 6.45) is 1.15. The molecule has 0 aromatic carbocycles. The van der Waals surface area contributed by atoms with Crippen LogP contribution in [0, 0.1) is 0 Å². The van der Waals surface area contributed by atoms with Crippen LogP contribution in [0.1, 0.15) is 20.3 Å². The third kappa shape index (κ3) is 2.19. The van der Waals surface area contributed by atoms with Crippen LogP contribution in [0.5, 0.6) is 0 Å². The lowest BCUT2D eigenvalue weighted by molar-refractivity contribution is 0.130. The van der Waals surface area contributed by atoms with Gasteiger partial charge in [-0.2, -0.15) is 0 Å².